The van der Waals surface area contributed by atoms with Gasteiger partial charge >= 0.3 is 0 Å². The first-order valence-electron chi connectivity index (χ1n) is 8.74. The SMILES string of the molecule is CCn1cc(-n2c(C)c(Sc3cc(C)cc(F)c3)c3ccc(Cl)cc32)cn1. The number of halogens is 2. The zero-order valence-electron chi connectivity index (χ0n) is 15.3. The number of hydrogen-bond donors (Lipinski definition) is 0. The number of benzene rings is 2. The lowest BCUT2D eigenvalue weighted by Gasteiger charge is -2.06. The number of fused-ring (bicyclic) bond motifs is 1. The molecule has 27 heavy (non-hydrogen) atoms. The van der Waals surface area contributed by atoms with Crippen molar-refractivity contribution in [3.05, 3.63) is 70.9 Å². The van der Waals surface area contributed by atoms with Crippen molar-refractivity contribution < 1.29 is 4.39 Å². The lowest BCUT2D eigenvalue weighted by molar-refractivity contribution is 0.623. The van der Waals surface area contributed by atoms with Crippen molar-refractivity contribution in [2.75, 3.05) is 0 Å². The summed E-state index contributed by atoms with van der Waals surface area (Å²) in [5.74, 6) is -0.217. The van der Waals surface area contributed by atoms with Crippen LogP contribution in [0.15, 0.2) is 58.6 Å². The summed E-state index contributed by atoms with van der Waals surface area (Å²) in [6.07, 6.45) is 3.88. The minimum atomic E-state index is -0.217. The first-order valence-corrected chi connectivity index (χ1v) is 9.94. The van der Waals surface area contributed by atoms with Gasteiger partial charge in [-0.15, -0.1) is 0 Å². The van der Waals surface area contributed by atoms with E-state index in [-0.39, 0.29) is 5.82 Å². The molecule has 3 nitrogen and oxygen atoms in total. The Labute approximate surface area is 166 Å². The van der Waals surface area contributed by atoms with E-state index in [9.17, 15) is 4.39 Å². The highest BCUT2D eigenvalue weighted by atomic mass is 35.5. The van der Waals surface area contributed by atoms with Gasteiger partial charge in [0.05, 0.1) is 17.4 Å². The van der Waals surface area contributed by atoms with E-state index in [0.717, 1.165) is 44.2 Å². The summed E-state index contributed by atoms with van der Waals surface area (Å²) in [7, 11) is 0. The van der Waals surface area contributed by atoms with E-state index >= 15 is 0 Å². The molecule has 0 atom stereocenters. The van der Waals surface area contributed by atoms with Crippen molar-refractivity contribution in [1.82, 2.24) is 14.3 Å². The van der Waals surface area contributed by atoms with E-state index in [1.165, 1.54) is 0 Å². The molecule has 0 unspecified atom stereocenters. The largest absolute Gasteiger partial charge is 0.310 e. The van der Waals surface area contributed by atoms with Crippen molar-refractivity contribution in [3.63, 3.8) is 0 Å². The molecule has 0 radical (unpaired) electrons. The van der Waals surface area contributed by atoms with Crippen molar-refractivity contribution in [2.45, 2.75) is 37.1 Å². The summed E-state index contributed by atoms with van der Waals surface area (Å²) in [6, 6.07) is 11.0. The maximum Gasteiger partial charge on any atom is 0.124 e. The van der Waals surface area contributed by atoms with Crippen LogP contribution in [0.1, 0.15) is 18.2 Å². The van der Waals surface area contributed by atoms with Gasteiger partial charge < -0.3 is 4.57 Å². The number of aromatic nitrogens is 3. The maximum atomic E-state index is 13.9. The van der Waals surface area contributed by atoms with Crippen molar-refractivity contribution in [1.29, 1.82) is 0 Å². The van der Waals surface area contributed by atoms with Gasteiger partial charge in [-0.05, 0) is 56.7 Å². The van der Waals surface area contributed by atoms with E-state index in [1.807, 2.05) is 48.3 Å². The molecule has 0 aliphatic carbocycles. The minimum Gasteiger partial charge on any atom is -0.310 e. The van der Waals surface area contributed by atoms with Gasteiger partial charge in [-0.2, -0.15) is 5.10 Å². The molecule has 0 bridgehead atoms. The number of aryl methyl sites for hydroxylation is 2. The van der Waals surface area contributed by atoms with E-state index in [0.29, 0.717) is 5.02 Å². The highest BCUT2D eigenvalue weighted by Crippen LogP contribution is 2.40. The summed E-state index contributed by atoms with van der Waals surface area (Å²) >= 11 is 7.86. The summed E-state index contributed by atoms with van der Waals surface area (Å²) in [6.45, 7) is 6.85. The molecule has 138 valence electrons. The second kappa shape index (κ2) is 7.06. The summed E-state index contributed by atoms with van der Waals surface area (Å²) < 4.78 is 17.9. The fourth-order valence-electron chi connectivity index (χ4n) is 3.34. The van der Waals surface area contributed by atoms with Crippen LogP contribution in [0, 0.1) is 19.7 Å². The Kier molecular flexibility index (Phi) is 4.74. The normalized spacial score (nSPS) is 11.4. The fraction of sp³-hybridized carbons (Fsp3) is 0.190. The number of rotatable bonds is 4. The van der Waals surface area contributed by atoms with E-state index < -0.39 is 0 Å². The van der Waals surface area contributed by atoms with Crippen LogP contribution in [-0.2, 0) is 6.54 Å². The Morgan fingerprint density at radius 1 is 1.15 bits per heavy atom. The molecule has 6 heteroatoms. The first-order chi connectivity index (χ1) is 13.0. The molecular formula is C21H19ClFN3S. The lowest BCUT2D eigenvalue weighted by atomic mass is 10.2. The van der Waals surface area contributed by atoms with E-state index in [4.69, 9.17) is 11.6 Å². The third-order valence-electron chi connectivity index (χ3n) is 4.55. The third-order valence-corrected chi connectivity index (χ3v) is 5.97. The summed E-state index contributed by atoms with van der Waals surface area (Å²) in [5, 5.41) is 6.18. The van der Waals surface area contributed by atoms with Gasteiger partial charge in [0.1, 0.15) is 5.82 Å². The van der Waals surface area contributed by atoms with Crippen LogP contribution >= 0.6 is 23.4 Å². The van der Waals surface area contributed by atoms with Crippen LogP contribution in [-0.4, -0.2) is 14.3 Å². The number of nitrogens with zero attached hydrogens (tertiary/aromatic N) is 3. The molecule has 0 saturated heterocycles. The zero-order chi connectivity index (χ0) is 19.1. The molecule has 0 aliphatic heterocycles. The average molecular weight is 400 g/mol. The standard InChI is InChI=1S/C21H19ClFN3S/c1-4-25-12-17(11-24-25)26-14(3)21(19-6-5-15(22)9-20(19)26)27-18-8-13(2)7-16(23)10-18/h5-12H,4H2,1-3H3. The average Bonchev–Trinajstić information content (AvgIpc) is 3.17. The molecule has 4 rings (SSSR count). The Balaban J connectivity index is 1.91. The van der Waals surface area contributed by atoms with Gasteiger partial charge in [-0.1, -0.05) is 29.4 Å². The summed E-state index contributed by atoms with van der Waals surface area (Å²) in [4.78, 5) is 1.98. The Bertz CT molecular complexity index is 1130. The van der Waals surface area contributed by atoms with Crippen molar-refractivity contribution in [3.8, 4) is 5.69 Å². The molecule has 2 aromatic heterocycles. The van der Waals surface area contributed by atoms with E-state index in [1.54, 1.807) is 23.9 Å². The van der Waals surface area contributed by atoms with Crippen LogP contribution in [0.3, 0.4) is 0 Å². The molecule has 0 amide bonds. The van der Waals surface area contributed by atoms with E-state index in [2.05, 4.69) is 23.5 Å². The summed E-state index contributed by atoms with van der Waals surface area (Å²) in [5.41, 5.74) is 4.00. The molecule has 2 heterocycles. The molecule has 0 saturated carbocycles. The molecule has 4 aromatic rings. The second-order valence-electron chi connectivity index (χ2n) is 6.53. The molecular weight excluding hydrogens is 381 g/mol. The highest BCUT2D eigenvalue weighted by Gasteiger charge is 2.18. The number of hydrogen-bond acceptors (Lipinski definition) is 2. The molecule has 0 spiro atoms. The van der Waals surface area contributed by atoms with Crippen LogP contribution in [0.2, 0.25) is 5.02 Å². The first kappa shape index (κ1) is 18.1. The molecule has 0 fully saturated rings. The van der Waals surface area contributed by atoms with Gasteiger partial charge in [-0.3, -0.25) is 4.68 Å². The van der Waals surface area contributed by atoms with Crippen molar-refractivity contribution in [2.24, 2.45) is 0 Å². The Hall–Kier alpha value is -2.24. The predicted octanol–water partition coefficient (Wildman–Crippen LogP) is 6.41. The quantitative estimate of drug-likeness (QED) is 0.395. The smallest absolute Gasteiger partial charge is 0.124 e. The monoisotopic (exact) mass is 399 g/mol. The van der Waals surface area contributed by atoms with Crippen LogP contribution in [0.5, 0.6) is 0 Å². The molecule has 2 aromatic carbocycles. The minimum absolute atomic E-state index is 0.217. The molecule has 0 aliphatic rings. The van der Waals surface area contributed by atoms with Crippen LogP contribution in [0.4, 0.5) is 4.39 Å². The molecule has 0 N–H and O–H groups in total. The Morgan fingerprint density at radius 2 is 1.96 bits per heavy atom. The maximum absolute atomic E-state index is 13.9. The van der Waals surface area contributed by atoms with Crippen LogP contribution in [0.25, 0.3) is 16.6 Å². The van der Waals surface area contributed by atoms with Crippen molar-refractivity contribution >= 4 is 34.3 Å². The second-order valence-corrected chi connectivity index (χ2v) is 8.05. The zero-order valence-corrected chi connectivity index (χ0v) is 16.9. The predicted molar refractivity (Wildman–Crippen MR) is 110 cm³/mol. The van der Waals surface area contributed by atoms with Gasteiger partial charge in [0, 0.05) is 38.6 Å². The lowest BCUT2D eigenvalue weighted by Crippen LogP contribution is -1.96. The topological polar surface area (TPSA) is 22.8 Å². The fourth-order valence-corrected chi connectivity index (χ4v) is 4.68. The third kappa shape index (κ3) is 3.37. The van der Waals surface area contributed by atoms with Gasteiger partial charge in [0.2, 0.25) is 0 Å². The van der Waals surface area contributed by atoms with Gasteiger partial charge in [0.25, 0.3) is 0 Å². The van der Waals surface area contributed by atoms with Gasteiger partial charge in [-0.25, -0.2) is 4.39 Å². The Morgan fingerprint density at radius 3 is 2.67 bits per heavy atom. The van der Waals surface area contributed by atoms with Crippen LogP contribution < -0.4 is 0 Å². The highest BCUT2D eigenvalue weighted by molar-refractivity contribution is 7.99. The van der Waals surface area contributed by atoms with Gasteiger partial charge in [0.15, 0.2) is 0 Å².